The molecule has 0 bridgehead atoms. The highest BCUT2D eigenvalue weighted by molar-refractivity contribution is 5.78. The largest absolute Gasteiger partial charge is 0.183 e. The molecule has 0 fully saturated rings. The van der Waals surface area contributed by atoms with E-state index < -0.39 is 0 Å². The number of rotatable bonds is 0. The second-order valence-electron chi connectivity index (χ2n) is 3.77. The maximum Gasteiger partial charge on any atom is 0.181 e. The van der Waals surface area contributed by atoms with Gasteiger partial charge in [-0.3, -0.25) is 0 Å². The van der Waals surface area contributed by atoms with Crippen molar-refractivity contribution < 1.29 is 4.68 Å². The van der Waals surface area contributed by atoms with Gasteiger partial charge in [-0.2, -0.15) is 5.01 Å². The predicted octanol–water partition coefficient (Wildman–Crippen LogP) is 1.12. The van der Waals surface area contributed by atoms with E-state index in [-0.39, 0.29) is 0 Å². The van der Waals surface area contributed by atoms with Crippen LogP contribution in [0.15, 0.2) is 0 Å². The van der Waals surface area contributed by atoms with Crippen LogP contribution in [0.5, 0.6) is 0 Å². The van der Waals surface area contributed by atoms with Crippen LogP contribution in [0, 0.1) is 0 Å². The second kappa shape index (κ2) is 1.97. The molecule has 0 spiro atoms. The van der Waals surface area contributed by atoms with Crippen molar-refractivity contribution in [3.05, 3.63) is 0 Å². The van der Waals surface area contributed by atoms with Crippen molar-refractivity contribution in [3.63, 3.8) is 0 Å². The Morgan fingerprint density at radius 2 is 2.00 bits per heavy atom. The van der Waals surface area contributed by atoms with Crippen molar-refractivity contribution in [2.75, 3.05) is 14.1 Å². The number of hydrogen-bond donors (Lipinski definition) is 0. The van der Waals surface area contributed by atoms with E-state index in [9.17, 15) is 0 Å². The Balaban J connectivity index is 2.87. The lowest BCUT2D eigenvalue weighted by atomic mass is 10.00. The van der Waals surface area contributed by atoms with E-state index in [4.69, 9.17) is 0 Å². The quantitative estimate of drug-likeness (QED) is 0.458. The van der Waals surface area contributed by atoms with E-state index in [0.717, 1.165) is 0 Å². The molecule has 0 unspecified atom stereocenters. The number of hydrogen-bond acceptors (Lipinski definition) is 1. The van der Waals surface area contributed by atoms with E-state index in [1.807, 2.05) is 0 Å². The van der Waals surface area contributed by atoms with Crippen LogP contribution in [0.25, 0.3) is 0 Å². The lowest BCUT2D eigenvalue weighted by Gasteiger charge is -2.23. The highest BCUT2D eigenvalue weighted by atomic mass is 15.6. The molecule has 0 aliphatic carbocycles. The van der Waals surface area contributed by atoms with Gasteiger partial charge in [-0.05, 0) is 13.8 Å². The average molecular weight is 141 g/mol. The van der Waals surface area contributed by atoms with Gasteiger partial charge in [0.25, 0.3) is 0 Å². The Kier molecular flexibility index (Phi) is 1.50. The minimum Gasteiger partial charge on any atom is -0.183 e. The summed E-state index contributed by atoms with van der Waals surface area (Å²) in [7, 11) is 4.25. The van der Waals surface area contributed by atoms with Crippen LogP contribution >= 0.6 is 0 Å². The van der Waals surface area contributed by atoms with Gasteiger partial charge >= 0.3 is 0 Å². The van der Waals surface area contributed by atoms with Crippen LogP contribution in [0.1, 0.15) is 27.2 Å². The maximum absolute atomic E-state index is 2.28. The molecule has 0 saturated heterocycles. The van der Waals surface area contributed by atoms with Crippen molar-refractivity contribution >= 4 is 5.71 Å². The molecule has 1 rings (SSSR count). The van der Waals surface area contributed by atoms with Gasteiger partial charge in [0, 0.05) is 6.92 Å². The zero-order chi connectivity index (χ0) is 7.94. The van der Waals surface area contributed by atoms with E-state index in [2.05, 4.69) is 44.6 Å². The molecule has 0 atom stereocenters. The van der Waals surface area contributed by atoms with E-state index in [1.165, 1.54) is 12.1 Å². The molecule has 0 radical (unpaired) electrons. The monoisotopic (exact) mass is 141 g/mol. The summed E-state index contributed by atoms with van der Waals surface area (Å²) in [6, 6.07) is 0. The Hall–Kier alpha value is -0.530. The molecule has 0 N–H and O–H groups in total. The molecule has 58 valence electrons. The van der Waals surface area contributed by atoms with Gasteiger partial charge in [0.2, 0.25) is 0 Å². The van der Waals surface area contributed by atoms with Crippen LogP contribution in [-0.4, -0.2) is 35.0 Å². The molecule has 0 saturated carbocycles. The smallest absolute Gasteiger partial charge is 0.181 e. The van der Waals surface area contributed by atoms with E-state index in [1.54, 1.807) is 0 Å². The van der Waals surface area contributed by atoms with Crippen molar-refractivity contribution in [2.24, 2.45) is 0 Å². The Morgan fingerprint density at radius 3 is 2.10 bits per heavy atom. The third-order valence-electron chi connectivity index (χ3n) is 2.57. The van der Waals surface area contributed by atoms with Crippen LogP contribution < -0.4 is 0 Å². The minimum atomic E-state index is 0.318. The Morgan fingerprint density at radius 1 is 1.50 bits per heavy atom. The highest BCUT2D eigenvalue weighted by Gasteiger charge is 2.38. The fourth-order valence-corrected chi connectivity index (χ4v) is 1.52. The fourth-order valence-electron chi connectivity index (χ4n) is 1.52. The normalized spacial score (nSPS) is 24.3. The molecule has 1 heterocycles. The molecule has 1 aliphatic rings. The molecule has 1 aliphatic heterocycles. The lowest BCUT2D eigenvalue weighted by Crippen LogP contribution is -2.39. The van der Waals surface area contributed by atoms with Gasteiger partial charge in [-0.1, -0.05) is 0 Å². The highest BCUT2D eigenvalue weighted by Crippen LogP contribution is 2.22. The average Bonchev–Trinajstić information content (AvgIpc) is 1.95. The maximum atomic E-state index is 2.28. The van der Waals surface area contributed by atoms with Gasteiger partial charge in [0.15, 0.2) is 12.8 Å². The van der Waals surface area contributed by atoms with Crippen molar-refractivity contribution in [2.45, 2.75) is 32.7 Å². The summed E-state index contributed by atoms with van der Waals surface area (Å²) >= 11 is 0. The van der Waals surface area contributed by atoms with Crippen LogP contribution in [0.4, 0.5) is 0 Å². The Labute approximate surface area is 63.1 Å². The first-order valence-corrected chi connectivity index (χ1v) is 3.75. The van der Waals surface area contributed by atoms with Crippen molar-refractivity contribution in [1.29, 1.82) is 0 Å². The number of hydrazine groups is 1. The summed E-state index contributed by atoms with van der Waals surface area (Å²) in [6.07, 6.45) is 1.18. The first-order valence-electron chi connectivity index (χ1n) is 3.75. The molecular weight excluding hydrogens is 124 g/mol. The molecule has 0 aromatic heterocycles. The minimum absolute atomic E-state index is 0.318. The van der Waals surface area contributed by atoms with Gasteiger partial charge in [-0.25, -0.2) is 0 Å². The van der Waals surface area contributed by atoms with Gasteiger partial charge < -0.3 is 0 Å². The lowest BCUT2D eigenvalue weighted by molar-refractivity contribution is -0.666. The van der Waals surface area contributed by atoms with Crippen LogP contribution in [0.3, 0.4) is 0 Å². The predicted molar refractivity (Wildman–Crippen MR) is 43.3 cm³/mol. The molecule has 2 heteroatoms. The summed E-state index contributed by atoms with van der Waals surface area (Å²) in [5, 5.41) is 2.28. The zero-order valence-electron chi connectivity index (χ0n) is 7.60. The summed E-state index contributed by atoms with van der Waals surface area (Å²) in [6.45, 7) is 6.71. The summed E-state index contributed by atoms with van der Waals surface area (Å²) in [4.78, 5) is 0. The molecule has 0 amide bonds. The topological polar surface area (TPSA) is 6.25 Å². The van der Waals surface area contributed by atoms with Crippen LogP contribution in [-0.2, 0) is 0 Å². The fraction of sp³-hybridized carbons (Fsp3) is 0.875. The molecule has 2 nitrogen and oxygen atoms in total. The molecule has 0 aromatic carbocycles. The summed E-state index contributed by atoms with van der Waals surface area (Å²) in [5.74, 6) is 0. The van der Waals surface area contributed by atoms with Crippen molar-refractivity contribution in [3.8, 4) is 0 Å². The molecule has 10 heavy (non-hydrogen) atoms. The molecular formula is C8H17N2+. The number of nitrogens with zero attached hydrogens (tertiary/aromatic N) is 2. The van der Waals surface area contributed by atoms with E-state index in [0.29, 0.717) is 5.54 Å². The van der Waals surface area contributed by atoms with Gasteiger partial charge in [-0.15, -0.1) is 4.68 Å². The summed E-state index contributed by atoms with van der Waals surface area (Å²) < 4.78 is 2.22. The third-order valence-corrected chi connectivity index (χ3v) is 2.57. The van der Waals surface area contributed by atoms with Gasteiger partial charge in [0.1, 0.15) is 0 Å². The first-order chi connectivity index (χ1) is 4.45. The first kappa shape index (κ1) is 7.58. The molecule has 0 aromatic rings. The number of hydrazone groups is 1. The van der Waals surface area contributed by atoms with Crippen molar-refractivity contribution in [1.82, 2.24) is 5.01 Å². The summed E-state index contributed by atoms with van der Waals surface area (Å²) in [5.41, 5.74) is 1.77. The third kappa shape index (κ3) is 0.917. The SMILES string of the molecule is CC1=[N+](C)N(C)C(C)(C)C1. The second-order valence-corrected chi connectivity index (χ2v) is 3.77. The zero-order valence-corrected chi connectivity index (χ0v) is 7.60. The van der Waals surface area contributed by atoms with E-state index >= 15 is 0 Å². The van der Waals surface area contributed by atoms with Gasteiger partial charge in [0.05, 0.1) is 19.0 Å². The Bertz CT molecular complexity index is 180. The van der Waals surface area contributed by atoms with Crippen LogP contribution in [0.2, 0.25) is 0 Å². The standard InChI is InChI=1S/C8H17N2/c1-7-6-8(2,3)10(5)9(7)4/h6H2,1-5H3/q+1.